The molecule has 31 heavy (non-hydrogen) atoms. The molecule has 0 saturated heterocycles. The Morgan fingerprint density at radius 1 is 1.13 bits per heavy atom. The molecule has 2 N–H and O–H groups in total. The van der Waals surface area contributed by atoms with Gasteiger partial charge in [-0.05, 0) is 42.9 Å². The van der Waals surface area contributed by atoms with Crippen molar-refractivity contribution in [2.24, 2.45) is 5.92 Å². The highest BCUT2D eigenvalue weighted by atomic mass is 32.2. The Morgan fingerprint density at radius 2 is 1.81 bits per heavy atom. The second-order valence-corrected chi connectivity index (χ2v) is 6.88. The summed E-state index contributed by atoms with van der Waals surface area (Å²) in [5, 5.41) is 11.5. The molecule has 0 aliphatic rings. The summed E-state index contributed by atoms with van der Waals surface area (Å²) in [5.41, 5.74) is 5.22. The molecule has 6 heteroatoms. The predicted molar refractivity (Wildman–Crippen MR) is 141 cm³/mol. The van der Waals surface area contributed by atoms with Crippen LogP contribution in [0.2, 0.25) is 0 Å². The lowest BCUT2D eigenvalue weighted by atomic mass is 10.0. The average Bonchev–Trinajstić information content (AvgIpc) is 3.50. The molecule has 3 rings (SSSR count). The lowest BCUT2D eigenvalue weighted by molar-refractivity contribution is 0.789. The van der Waals surface area contributed by atoms with E-state index in [0.29, 0.717) is 5.92 Å². The molecule has 0 atom stereocenters. The molecule has 0 spiro atoms. The van der Waals surface area contributed by atoms with E-state index in [4.69, 9.17) is 0 Å². The zero-order valence-corrected chi connectivity index (χ0v) is 21.8. The van der Waals surface area contributed by atoms with Crippen LogP contribution in [0, 0.1) is 5.92 Å². The fourth-order valence-electron chi connectivity index (χ4n) is 2.73. The van der Waals surface area contributed by atoms with E-state index in [2.05, 4.69) is 70.1 Å². The molecule has 0 amide bonds. The van der Waals surface area contributed by atoms with Crippen molar-refractivity contribution >= 4 is 23.1 Å². The number of H-pyrrole nitrogens is 1. The van der Waals surface area contributed by atoms with Gasteiger partial charge in [-0.2, -0.15) is 5.10 Å². The molecule has 0 fully saturated rings. The molecule has 3 aromatic heterocycles. The molecular formula is C25H41N5S. The third-order valence-corrected chi connectivity index (χ3v) is 4.77. The van der Waals surface area contributed by atoms with Crippen molar-refractivity contribution in [3.05, 3.63) is 59.7 Å². The number of allylic oxidation sites excluding steroid dienone is 3. The van der Waals surface area contributed by atoms with Crippen LogP contribution in [0.15, 0.2) is 59.7 Å². The Morgan fingerprint density at radius 3 is 2.32 bits per heavy atom. The van der Waals surface area contributed by atoms with E-state index in [-0.39, 0.29) is 0 Å². The summed E-state index contributed by atoms with van der Waals surface area (Å²) >= 11 is 1.70. The Balaban J connectivity index is 0.00000138. The van der Waals surface area contributed by atoms with Crippen LogP contribution in [-0.2, 0) is 0 Å². The lowest BCUT2D eigenvalue weighted by Gasteiger charge is -2.13. The van der Waals surface area contributed by atoms with Crippen LogP contribution in [0.4, 0.5) is 5.69 Å². The van der Waals surface area contributed by atoms with Crippen molar-refractivity contribution in [3.8, 4) is 11.3 Å². The van der Waals surface area contributed by atoms with Crippen molar-refractivity contribution in [2.75, 3.05) is 11.6 Å². The largest absolute Gasteiger partial charge is 0.347 e. The van der Waals surface area contributed by atoms with Crippen LogP contribution in [0.5, 0.6) is 0 Å². The quantitative estimate of drug-likeness (QED) is 0.379. The van der Waals surface area contributed by atoms with Gasteiger partial charge >= 0.3 is 0 Å². The van der Waals surface area contributed by atoms with Gasteiger partial charge in [-0.15, -0.1) is 11.8 Å². The van der Waals surface area contributed by atoms with Gasteiger partial charge < -0.3 is 5.32 Å². The van der Waals surface area contributed by atoms with E-state index >= 15 is 0 Å². The number of fused-ring (bicyclic) bond motifs is 1. The summed E-state index contributed by atoms with van der Waals surface area (Å²) in [6.45, 7) is 18.5. The molecule has 0 saturated carbocycles. The zero-order valence-electron chi connectivity index (χ0n) is 20.9. The number of rotatable bonds is 6. The van der Waals surface area contributed by atoms with Gasteiger partial charge in [0.25, 0.3) is 0 Å². The second kappa shape index (κ2) is 16.3. The smallest absolute Gasteiger partial charge is 0.161 e. The third kappa shape index (κ3) is 7.94. The summed E-state index contributed by atoms with van der Waals surface area (Å²) in [7, 11) is 0. The average molecular weight is 444 g/mol. The lowest BCUT2D eigenvalue weighted by Crippen LogP contribution is -2.01. The standard InChI is InChI=1S/C19H23N5S.3C2H6/c1-5-14(13(2)3)9-18(25-4)23-16-7-6-8-24-17(12-20-19(16)24)15-10-21-22-11-15;3*1-2/h5-13,23H,1-4H3,(H,21,22);3*1-2H3/b14-5?,18-9-;;;. The number of imidazole rings is 1. The highest BCUT2D eigenvalue weighted by Gasteiger charge is 2.11. The number of aromatic nitrogens is 4. The van der Waals surface area contributed by atoms with E-state index in [1.807, 2.05) is 66.2 Å². The summed E-state index contributed by atoms with van der Waals surface area (Å²) in [6, 6.07) is 4.08. The fraction of sp³-hybridized carbons (Fsp3) is 0.440. The fourth-order valence-corrected chi connectivity index (χ4v) is 3.19. The van der Waals surface area contributed by atoms with Gasteiger partial charge in [0.2, 0.25) is 0 Å². The highest BCUT2D eigenvalue weighted by molar-refractivity contribution is 8.02. The summed E-state index contributed by atoms with van der Waals surface area (Å²) in [5.74, 6) is 0.490. The van der Waals surface area contributed by atoms with Crippen LogP contribution >= 0.6 is 11.8 Å². The van der Waals surface area contributed by atoms with E-state index < -0.39 is 0 Å². The minimum atomic E-state index is 0.490. The number of hydrogen-bond donors (Lipinski definition) is 2. The van der Waals surface area contributed by atoms with Gasteiger partial charge in [-0.1, -0.05) is 61.5 Å². The Bertz CT molecular complexity index is 905. The molecule has 0 unspecified atom stereocenters. The summed E-state index contributed by atoms with van der Waals surface area (Å²) in [4.78, 5) is 4.60. The first-order chi connectivity index (χ1) is 15.1. The van der Waals surface area contributed by atoms with Crippen molar-refractivity contribution < 1.29 is 0 Å². The van der Waals surface area contributed by atoms with Crippen LogP contribution < -0.4 is 5.32 Å². The summed E-state index contributed by atoms with van der Waals surface area (Å²) < 4.78 is 2.07. The SMILES string of the molecule is CC.CC.CC.CC=C(/C=C(/Nc1cccn2c(-c3cn[nH]c3)cnc12)SC)C(C)C. The van der Waals surface area contributed by atoms with Crippen molar-refractivity contribution in [3.63, 3.8) is 0 Å². The molecule has 172 valence electrons. The molecule has 0 bridgehead atoms. The Labute approximate surface area is 193 Å². The van der Waals surface area contributed by atoms with Crippen molar-refractivity contribution in [1.82, 2.24) is 19.6 Å². The maximum atomic E-state index is 4.60. The first-order valence-corrected chi connectivity index (χ1v) is 12.5. The summed E-state index contributed by atoms with van der Waals surface area (Å²) in [6.07, 6.45) is 14.0. The molecule has 3 heterocycles. The number of thioether (sulfide) groups is 1. The number of hydrogen-bond acceptors (Lipinski definition) is 4. The van der Waals surface area contributed by atoms with Gasteiger partial charge in [0.1, 0.15) is 0 Å². The van der Waals surface area contributed by atoms with Gasteiger partial charge in [0.15, 0.2) is 5.65 Å². The third-order valence-electron chi connectivity index (χ3n) is 4.11. The number of pyridine rings is 1. The minimum absolute atomic E-state index is 0.490. The normalized spacial score (nSPS) is 11.1. The van der Waals surface area contributed by atoms with Gasteiger partial charge in [-0.25, -0.2) is 4.98 Å². The Kier molecular flexibility index (Phi) is 15.0. The Hall–Kier alpha value is -2.47. The van der Waals surface area contributed by atoms with E-state index in [0.717, 1.165) is 27.6 Å². The van der Waals surface area contributed by atoms with Gasteiger partial charge in [0, 0.05) is 18.0 Å². The first-order valence-electron chi connectivity index (χ1n) is 11.3. The maximum absolute atomic E-state index is 4.60. The van der Waals surface area contributed by atoms with E-state index in [1.165, 1.54) is 5.57 Å². The number of anilines is 1. The molecule has 0 aliphatic heterocycles. The van der Waals surface area contributed by atoms with E-state index in [9.17, 15) is 0 Å². The van der Waals surface area contributed by atoms with Crippen molar-refractivity contribution in [1.29, 1.82) is 0 Å². The van der Waals surface area contributed by atoms with Crippen LogP contribution in [0.3, 0.4) is 0 Å². The molecule has 0 aliphatic carbocycles. The second-order valence-electron chi connectivity index (χ2n) is 6.03. The number of aromatic amines is 1. The maximum Gasteiger partial charge on any atom is 0.161 e. The number of nitrogens with one attached hydrogen (secondary N) is 2. The van der Waals surface area contributed by atoms with Crippen LogP contribution in [0.25, 0.3) is 16.9 Å². The number of nitrogens with zero attached hydrogens (tertiary/aromatic N) is 3. The molecule has 0 radical (unpaired) electrons. The minimum Gasteiger partial charge on any atom is -0.347 e. The van der Waals surface area contributed by atoms with Crippen LogP contribution in [-0.4, -0.2) is 25.8 Å². The molecule has 5 nitrogen and oxygen atoms in total. The van der Waals surface area contributed by atoms with E-state index in [1.54, 1.807) is 18.0 Å². The molecule has 0 aromatic carbocycles. The first kappa shape index (κ1) is 28.5. The van der Waals surface area contributed by atoms with Gasteiger partial charge in [0.05, 0.1) is 28.8 Å². The predicted octanol–water partition coefficient (Wildman–Crippen LogP) is 8.02. The van der Waals surface area contributed by atoms with Crippen LogP contribution in [0.1, 0.15) is 62.3 Å². The highest BCUT2D eigenvalue weighted by Crippen LogP contribution is 2.27. The monoisotopic (exact) mass is 443 g/mol. The van der Waals surface area contributed by atoms with Gasteiger partial charge in [-0.3, -0.25) is 9.50 Å². The molecule has 3 aromatic rings. The zero-order chi connectivity index (χ0) is 23.8. The van der Waals surface area contributed by atoms with Crippen molar-refractivity contribution in [2.45, 2.75) is 62.3 Å². The molecular weight excluding hydrogens is 402 g/mol. The topological polar surface area (TPSA) is 58.0 Å².